The van der Waals surface area contributed by atoms with E-state index < -0.39 is 0 Å². The van der Waals surface area contributed by atoms with E-state index in [9.17, 15) is 4.79 Å². The molecule has 0 spiro atoms. The first-order chi connectivity index (χ1) is 10.5. The minimum absolute atomic E-state index is 0.148. The number of rotatable bonds is 4. The standard InChI is InChI=1S/C17H28N4O/c1-12(2)11-21-9-7-13(8-10-21)17(22)18-16-14-5-4-6-15(14)19-20(16)3/h12-13H,4-11H2,1-3H3,(H,18,22). The molecule has 1 aromatic heterocycles. The monoisotopic (exact) mass is 304 g/mol. The fourth-order valence-corrected chi connectivity index (χ4v) is 3.79. The molecule has 1 aliphatic carbocycles. The number of carbonyl (C=O) groups excluding carboxylic acids is 1. The fraction of sp³-hybridized carbons (Fsp3) is 0.765. The number of anilines is 1. The number of nitrogens with zero attached hydrogens (tertiary/aromatic N) is 3. The lowest BCUT2D eigenvalue weighted by Crippen LogP contribution is -2.39. The zero-order chi connectivity index (χ0) is 15.7. The molecule has 1 aromatic rings. The third-order valence-corrected chi connectivity index (χ3v) is 4.89. The molecule has 1 amide bonds. The third-order valence-electron chi connectivity index (χ3n) is 4.89. The fourth-order valence-electron chi connectivity index (χ4n) is 3.79. The summed E-state index contributed by atoms with van der Waals surface area (Å²) in [4.78, 5) is 15.1. The lowest BCUT2D eigenvalue weighted by Gasteiger charge is -2.32. The first-order valence-electron chi connectivity index (χ1n) is 8.62. The highest BCUT2D eigenvalue weighted by atomic mass is 16.2. The first kappa shape index (κ1) is 15.5. The molecule has 2 aliphatic rings. The summed E-state index contributed by atoms with van der Waals surface area (Å²) in [7, 11) is 1.93. The highest BCUT2D eigenvalue weighted by Gasteiger charge is 2.28. The van der Waals surface area contributed by atoms with Gasteiger partial charge in [-0.25, -0.2) is 0 Å². The summed E-state index contributed by atoms with van der Waals surface area (Å²) in [6, 6.07) is 0. The van der Waals surface area contributed by atoms with E-state index in [0.717, 1.165) is 57.6 Å². The Labute approximate surface area is 133 Å². The molecular weight excluding hydrogens is 276 g/mol. The van der Waals surface area contributed by atoms with Gasteiger partial charge in [0, 0.05) is 25.1 Å². The van der Waals surface area contributed by atoms with E-state index in [2.05, 4.69) is 29.2 Å². The number of fused-ring (bicyclic) bond motifs is 1. The Morgan fingerprint density at radius 1 is 1.32 bits per heavy atom. The lowest BCUT2D eigenvalue weighted by molar-refractivity contribution is -0.121. The van der Waals surface area contributed by atoms with E-state index in [-0.39, 0.29) is 11.8 Å². The number of piperidine rings is 1. The second-order valence-corrected chi connectivity index (χ2v) is 7.21. The molecule has 122 valence electrons. The van der Waals surface area contributed by atoms with Crippen molar-refractivity contribution in [2.24, 2.45) is 18.9 Å². The van der Waals surface area contributed by atoms with E-state index in [1.54, 1.807) is 0 Å². The number of hydrogen-bond acceptors (Lipinski definition) is 3. The zero-order valence-corrected chi connectivity index (χ0v) is 14.1. The van der Waals surface area contributed by atoms with Crippen LogP contribution in [-0.4, -0.2) is 40.2 Å². The highest BCUT2D eigenvalue weighted by molar-refractivity contribution is 5.92. The van der Waals surface area contributed by atoms with Gasteiger partial charge in [-0.2, -0.15) is 5.10 Å². The summed E-state index contributed by atoms with van der Waals surface area (Å²) < 4.78 is 1.84. The Balaban J connectivity index is 1.57. The smallest absolute Gasteiger partial charge is 0.228 e. The maximum absolute atomic E-state index is 12.6. The van der Waals surface area contributed by atoms with Gasteiger partial charge >= 0.3 is 0 Å². The predicted molar refractivity (Wildman–Crippen MR) is 87.9 cm³/mol. The van der Waals surface area contributed by atoms with Gasteiger partial charge in [0.15, 0.2) is 0 Å². The molecular formula is C17H28N4O. The van der Waals surface area contributed by atoms with Crippen molar-refractivity contribution in [1.82, 2.24) is 14.7 Å². The summed E-state index contributed by atoms with van der Waals surface area (Å²) in [5, 5.41) is 7.69. The van der Waals surface area contributed by atoms with Gasteiger partial charge in [0.2, 0.25) is 5.91 Å². The topological polar surface area (TPSA) is 50.2 Å². The average Bonchev–Trinajstić information content (AvgIpc) is 3.02. The van der Waals surface area contributed by atoms with Crippen LogP contribution in [0.4, 0.5) is 5.82 Å². The molecule has 1 fully saturated rings. The van der Waals surface area contributed by atoms with Crippen molar-refractivity contribution in [2.75, 3.05) is 25.0 Å². The normalized spacial score (nSPS) is 19.6. The van der Waals surface area contributed by atoms with Crippen molar-refractivity contribution < 1.29 is 4.79 Å². The number of hydrogen-bond donors (Lipinski definition) is 1. The molecule has 0 atom stereocenters. The zero-order valence-electron chi connectivity index (χ0n) is 14.1. The van der Waals surface area contributed by atoms with Crippen LogP contribution in [0.5, 0.6) is 0 Å². The summed E-state index contributed by atoms with van der Waals surface area (Å²) >= 11 is 0. The molecule has 1 N–H and O–H groups in total. The van der Waals surface area contributed by atoms with Crippen LogP contribution < -0.4 is 5.32 Å². The molecule has 1 saturated heterocycles. The van der Waals surface area contributed by atoms with Gasteiger partial charge in [0.1, 0.15) is 5.82 Å². The number of amides is 1. The molecule has 22 heavy (non-hydrogen) atoms. The van der Waals surface area contributed by atoms with Gasteiger partial charge in [0.25, 0.3) is 0 Å². The van der Waals surface area contributed by atoms with Gasteiger partial charge < -0.3 is 10.2 Å². The van der Waals surface area contributed by atoms with Crippen LogP contribution in [-0.2, 0) is 24.7 Å². The van der Waals surface area contributed by atoms with Crippen molar-refractivity contribution in [1.29, 1.82) is 0 Å². The summed E-state index contributed by atoms with van der Waals surface area (Å²) in [5.74, 6) is 1.96. The van der Waals surface area contributed by atoms with Crippen LogP contribution in [0.2, 0.25) is 0 Å². The van der Waals surface area contributed by atoms with Crippen LogP contribution in [0.3, 0.4) is 0 Å². The molecule has 5 heteroatoms. The molecule has 0 unspecified atom stereocenters. The van der Waals surface area contributed by atoms with Gasteiger partial charge in [-0.05, 0) is 51.1 Å². The van der Waals surface area contributed by atoms with Crippen molar-refractivity contribution >= 4 is 11.7 Å². The summed E-state index contributed by atoms with van der Waals surface area (Å²) in [6.07, 6.45) is 5.20. The van der Waals surface area contributed by atoms with Crippen molar-refractivity contribution in [3.05, 3.63) is 11.3 Å². The molecule has 5 nitrogen and oxygen atoms in total. The number of carbonyl (C=O) groups is 1. The van der Waals surface area contributed by atoms with Crippen LogP contribution in [0.1, 0.15) is 44.4 Å². The summed E-state index contributed by atoms with van der Waals surface area (Å²) in [5.41, 5.74) is 2.43. The Morgan fingerprint density at radius 2 is 2.05 bits per heavy atom. The van der Waals surface area contributed by atoms with E-state index in [4.69, 9.17) is 0 Å². The van der Waals surface area contributed by atoms with Gasteiger partial charge in [-0.3, -0.25) is 9.48 Å². The molecule has 1 aliphatic heterocycles. The number of likely N-dealkylation sites (tertiary alicyclic amines) is 1. The van der Waals surface area contributed by atoms with Gasteiger partial charge in [0.05, 0.1) is 5.69 Å². The molecule has 0 aromatic carbocycles. The van der Waals surface area contributed by atoms with Crippen LogP contribution >= 0.6 is 0 Å². The van der Waals surface area contributed by atoms with Crippen molar-refractivity contribution in [2.45, 2.75) is 46.0 Å². The van der Waals surface area contributed by atoms with E-state index in [1.807, 2.05) is 11.7 Å². The number of aryl methyl sites for hydroxylation is 2. The van der Waals surface area contributed by atoms with Crippen LogP contribution in [0.25, 0.3) is 0 Å². The molecule has 0 bridgehead atoms. The van der Waals surface area contributed by atoms with Gasteiger partial charge in [-0.1, -0.05) is 13.8 Å². The molecule has 2 heterocycles. The number of nitrogens with one attached hydrogen (secondary N) is 1. The molecule has 0 saturated carbocycles. The Bertz CT molecular complexity index is 541. The minimum Gasteiger partial charge on any atom is -0.310 e. The van der Waals surface area contributed by atoms with E-state index in [0.29, 0.717) is 5.92 Å². The molecule has 3 rings (SSSR count). The van der Waals surface area contributed by atoms with Crippen molar-refractivity contribution in [3.8, 4) is 0 Å². The number of aromatic nitrogens is 2. The Morgan fingerprint density at radius 3 is 2.73 bits per heavy atom. The quantitative estimate of drug-likeness (QED) is 0.928. The second-order valence-electron chi connectivity index (χ2n) is 7.21. The maximum atomic E-state index is 12.6. The van der Waals surface area contributed by atoms with E-state index >= 15 is 0 Å². The van der Waals surface area contributed by atoms with Crippen molar-refractivity contribution in [3.63, 3.8) is 0 Å². The third kappa shape index (κ3) is 3.19. The minimum atomic E-state index is 0.148. The Kier molecular flexibility index (Phi) is 4.52. The second kappa shape index (κ2) is 6.41. The summed E-state index contributed by atoms with van der Waals surface area (Å²) in [6.45, 7) is 7.73. The molecule has 0 radical (unpaired) electrons. The Hall–Kier alpha value is -1.36. The van der Waals surface area contributed by atoms with Crippen LogP contribution in [0.15, 0.2) is 0 Å². The predicted octanol–water partition coefficient (Wildman–Crippen LogP) is 2.22. The first-order valence-corrected chi connectivity index (χ1v) is 8.62. The van der Waals surface area contributed by atoms with Crippen LogP contribution in [0, 0.1) is 11.8 Å². The largest absolute Gasteiger partial charge is 0.310 e. The lowest BCUT2D eigenvalue weighted by atomic mass is 9.95. The maximum Gasteiger partial charge on any atom is 0.228 e. The van der Waals surface area contributed by atoms with Gasteiger partial charge in [-0.15, -0.1) is 0 Å². The SMILES string of the molecule is CC(C)CN1CCC(C(=O)Nc2c3c(nn2C)CCC3)CC1. The highest BCUT2D eigenvalue weighted by Crippen LogP contribution is 2.29. The average molecular weight is 304 g/mol. The van der Waals surface area contributed by atoms with E-state index in [1.165, 1.54) is 11.3 Å².